The third-order valence-corrected chi connectivity index (χ3v) is 5.20. The number of piperazine rings is 1. The molecule has 3 rings (SSSR count). The Kier molecular flexibility index (Phi) is 6.10. The number of methoxy groups -OCH3 is 1. The molecule has 1 aliphatic heterocycles. The highest BCUT2D eigenvalue weighted by molar-refractivity contribution is 5.94. The van der Waals surface area contributed by atoms with Crippen molar-refractivity contribution in [1.29, 1.82) is 0 Å². The number of para-hydroxylation sites is 2. The smallest absolute Gasteiger partial charge is 0.282 e. The zero-order valence-electron chi connectivity index (χ0n) is 16.1. The zero-order chi connectivity index (χ0) is 20.1. The molecular weight excluding hydrogens is 360 g/mol. The third kappa shape index (κ3) is 4.40. The largest absolute Gasteiger partial charge is 0.495 e. The van der Waals surface area contributed by atoms with Crippen LogP contribution < -0.4 is 19.9 Å². The predicted octanol–water partition coefficient (Wildman–Crippen LogP) is 1.34. The van der Waals surface area contributed by atoms with E-state index in [1.165, 1.54) is 17.0 Å². The molecule has 1 fully saturated rings. The number of quaternary nitrogens is 1. The summed E-state index contributed by atoms with van der Waals surface area (Å²) in [6.07, 6.45) is 0. The first-order chi connectivity index (χ1) is 13.5. The Morgan fingerprint density at radius 3 is 2.43 bits per heavy atom. The van der Waals surface area contributed by atoms with Gasteiger partial charge in [0.25, 0.3) is 11.6 Å². The van der Waals surface area contributed by atoms with Gasteiger partial charge in [0, 0.05) is 17.8 Å². The average molecular weight is 385 g/mol. The molecular formula is C20H25N4O4+. The van der Waals surface area contributed by atoms with Crippen molar-refractivity contribution in [3.05, 3.63) is 58.6 Å². The van der Waals surface area contributed by atoms with E-state index >= 15 is 0 Å². The standard InChI is InChI=1S/C20H24N4O4/c1-15(20(25)21-18-5-3-4-6-19(18)28-2)22-11-13-23(14-12-22)16-7-9-17(10-8-16)24(26)27/h3-10,15H,11-14H2,1-2H3,(H,21,25)/p+1/t15-/m1/s1. The van der Waals surface area contributed by atoms with Crippen molar-refractivity contribution in [3.63, 3.8) is 0 Å². The second-order valence-electron chi connectivity index (χ2n) is 6.83. The topological polar surface area (TPSA) is 89.2 Å². The first kappa shape index (κ1) is 19.6. The lowest BCUT2D eigenvalue weighted by atomic mass is 10.2. The van der Waals surface area contributed by atoms with Crippen LogP contribution in [0.4, 0.5) is 17.1 Å². The lowest BCUT2D eigenvalue weighted by Gasteiger charge is -2.36. The van der Waals surface area contributed by atoms with Gasteiger partial charge in [-0.05, 0) is 31.2 Å². The number of hydrogen-bond acceptors (Lipinski definition) is 5. The molecule has 1 atom stereocenters. The molecule has 1 saturated heterocycles. The molecule has 0 saturated carbocycles. The molecule has 2 aromatic carbocycles. The lowest BCUT2D eigenvalue weighted by Crippen LogP contribution is -3.19. The first-order valence-electron chi connectivity index (χ1n) is 9.27. The Hall–Kier alpha value is -3.13. The number of nitrogens with one attached hydrogen (secondary N) is 2. The summed E-state index contributed by atoms with van der Waals surface area (Å²) in [7, 11) is 1.58. The fraction of sp³-hybridized carbons (Fsp3) is 0.350. The molecule has 1 aliphatic rings. The second-order valence-corrected chi connectivity index (χ2v) is 6.83. The van der Waals surface area contributed by atoms with Crippen LogP contribution in [0.25, 0.3) is 0 Å². The summed E-state index contributed by atoms with van der Waals surface area (Å²) in [6, 6.07) is 13.8. The number of hydrogen-bond donors (Lipinski definition) is 2. The van der Waals surface area contributed by atoms with Crippen molar-refractivity contribution >= 4 is 23.0 Å². The minimum absolute atomic E-state index is 0.0386. The summed E-state index contributed by atoms with van der Waals surface area (Å²) >= 11 is 0. The van der Waals surface area contributed by atoms with Gasteiger partial charge in [-0.3, -0.25) is 14.9 Å². The molecule has 28 heavy (non-hydrogen) atoms. The number of anilines is 2. The van der Waals surface area contributed by atoms with Crippen LogP contribution in [0.15, 0.2) is 48.5 Å². The maximum absolute atomic E-state index is 12.7. The van der Waals surface area contributed by atoms with Crippen LogP contribution in [-0.4, -0.2) is 50.2 Å². The fourth-order valence-corrected chi connectivity index (χ4v) is 3.44. The van der Waals surface area contributed by atoms with E-state index < -0.39 is 4.92 Å². The van der Waals surface area contributed by atoms with E-state index in [2.05, 4.69) is 10.2 Å². The van der Waals surface area contributed by atoms with E-state index in [0.717, 1.165) is 31.9 Å². The highest BCUT2D eigenvalue weighted by Gasteiger charge is 2.29. The highest BCUT2D eigenvalue weighted by Crippen LogP contribution is 2.23. The van der Waals surface area contributed by atoms with E-state index in [4.69, 9.17) is 4.74 Å². The van der Waals surface area contributed by atoms with Crippen molar-refractivity contribution < 1.29 is 19.4 Å². The number of carbonyl (C=O) groups is 1. The summed E-state index contributed by atoms with van der Waals surface area (Å²) in [5.41, 5.74) is 1.73. The van der Waals surface area contributed by atoms with E-state index in [1.807, 2.05) is 31.2 Å². The van der Waals surface area contributed by atoms with Gasteiger partial charge in [-0.2, -0.15) is 0 Å². The van der Waals surface area contributed by atoms with Crippen LogP contribution in [0.1, 0.15) is 6.92 Å². The molecule has 0 unspecified atom stereocenters. The Labute approximate surface area is 163 Å². The van der Waals surface area contributed by atoms with Crippen molar-refractivity contribution in [2.24, 2.45) is 0 Å². The molecule has 0 aromatic heterocycles. The Morgan fingerprint density at radius 2 is 1.82 bits per heavy atom. The van der Waals surface area contributed by atoms with Gasteiger partial charge in [0.05, 0.1) is 43.9 Å². The van der Waals surface area contributed by atoms with Crippen LogP contribution in [-0.2, 0) is 4.79 Å². The minimum Gasteiger partial charge on any atom is -0.495 e. The molecule has 0 bridgehead atoms. The van der Waals surface area contributed by atoms with E-state index in [1.54, 1.807) is 19.2 Å². The number of non-ortho nitro benzene ring substituents is 1. The van der Waals surface area contributed by atoms with Crippen LogP contribution in [0.2, 0.25) is 0 Å². The van der Waals surface area contributed by atoms with Crippen LogP contribution >= 0.6 is 0 Å². The number of rotatable bonds is 6. The number of nitrogens with zero attached hydrogens (tertiary/aromatic N) is 2. The van der Waals surface area contributed by atoms with E-state index in [9.17, 15) is 14.9 Å². The normalized spacial score (nSPS) is 15.7. The molecule has 2 N–H and O–H groups in total. The number of ether oxygens (including phenoxy) is 1. The molecule has 0 spiro atoms. The zero-order valence-corrected chi connectivity index (χ0v) is 16.1. The van der Waals surface area contributed by atoms with Gasteiger partial charge in [-0.1, -0.05) is 12.1 Å². The second kappa shape index (κ2) is 8.71. The number of amides is 1. The number of benzene rings is 2. The first-order valence-corrected chi connectivity index (χ1v) is 9.27. The highest BCUT2D eigenvalue weighted by atomic mass is 16.6. The molecule has 1 amide bonds. The summed E-state index contributed by atoms with van der Waals surface area (Å²) in [4.78, 5) is 26.5. The maximum Gasteiger partial charge on any atom is 0.282 e. The summed E-state index contributed by atoms with van der Waals surface area (Å²) in [6.45, 7) is 5.15. The summed E-state index contributed by atoms with van der Waals surface area (Å²) in [5, 5.41) is 13.7. The van der Waals surface area contributed by atoms with Gasteiger partial charge in [-0.15, -0.1) is 0 Å². The number of nitro groups is 1. The van der Waals surface area contributed by atoms with E-state index in [-0.39, 0.29) is 17.6 Å². The third-order valence-electron chi connectivity index (χ3n) is 5.20. The summed E-state index contributed by atoms with van der Waals surface area (Å²) in [5.74, 6) is 0.601. The number of carbonyl (C=O) groups excluding carboxylic acids is 1. The molecule has 2 aromatic rings. The van der Waals surface area contributed by atoms with Crippen molar-refractivity contribution in [1.82, 2.24) is 0 Å². The summed E-state index contributed by atoms with van der Waals surface area (Å²) < 4.78 is 5.29. The van der Waals surface area contributed by atoms with Gasteiger partial charge < -0.3 is 19.9 Å². The molecule has 8 nitrogen and oxygen atoms in total. The monoisotopic (exact) mass is 385 g/mol. The van der Waals surface area contributed by atoms with Gasteiger partial charge in [0.1, 0.15) is 5.75 Å². The molecule has 148 valence electrons. The van der Waals surface area contributed by atoms with Crippen LogP contribution in [0, 0.1) is 10.1 Å². The van der Waals surface area contributed by atoms with Crippen molar-refractivity contribution in [2.45, 2.75) is 13.0 Å². The average Bonchev–Trinajstić information content (AvgIpc) is 2.73. The van der Waals surface area contributed by atoms with E-state index in [0.29, 0.717) is 11.4 Å². The maximum atomic E-state index is 12.7. The Bertz CT molecular complexity index is 832. The molecule has 0 radical (unpaired) electrons. The Balaban J connectivity index is 1.56. The molecule has 8 heteroatoms. The van der Waals surface area contributed by atoms with Gasteiger partial charge >= 0.3 is 0 Å². The fourth-order valence-electron chi connectivity index (χ4n) is 3.44. The number of nitro benzene ring substituents is 1. The minimum atomic E-state index is -0.395. The van der Waals surface area contributed by atoms with Crippen LogP contribution in [0.5, 0.6) is 5.75 Å². The van der Waals surface area contributed by atoms with Gasteiger partial charge in [0.2, 0.25) is 0 Å². The lowest BCUT2D eigenvalue weighted by molar-refractivity contribution is -0.914. The van der Waals surface area contributed by atoms with Gasteiger partial charge in [-0.25, -0.2) is 0 Å². The Morgan fingerprint density at radius 1 is 1.18 bits per heavy atom. The van der Waals surface area contributed by atoms with Crippen molar-refractivity contribution in [2.75, 3.05) is 43.5 Å². The van der Waals surface area contributed by atoms with Crippen molar-refractivity contribution in [3.8, 4) is 5.75 Å². The molecule has 1 heterocycles. The quantitative estimate of drug-likeness (QED) is 0.579. The predicted molar refractivity (Wildman–Crippen MR) is 107 cm³/mol. The van der Waals surface area contributed by atoms with Gasteiger partial charge in [0.15, 0.2) is 6.04 Å². The van der Waals surface area contributed by atoms with Crippen LogP contribution in [0.3, 0.4) is 0 Å². The SMILES string of the molecule is COc1ccccc1NC(=O)[C@@H](C)[NH+]1CCN(c2ccc([N+](=O)[O-])cc2)CC1. The molecule has 0 aliphatic carbocycles.